The number of aromatic carboxylic acids is 1. The standard InChI is InChI=1S/C8H5BrFIO2/c9-3-4-1-2-5(10)7(11)6(4)8(12)13/h1-2H,3H2,(H,12,13). The molecule has 0 aliphatic carbocycles. The summed E-state index contributed by atoms with van der Waals surface area (Å²) in [5.41, 5.74) is 0.621. The zero-order valence-electron chi connectivity index (χ0n) is 6.35. The van der Waals surface area contributed by atoms with Gasteiger partial charge in [-0.3, -0.25) is 0 Å². The van der Waals surface area contributed by atoms with E-state index in [0.717, 1.165) is 0 Å². The van der Waals surface area contributed by atoms with Crippen LogP contribution in [0.2, 0.25) is 0 Å². The van der Waals surface area contributed by atoms with Crippen molar-refractivity contribution in [2.24, 2.45) is 0 Å². The van der Waals surface area contributed by atoms with Gasteiger partial charge in [0.25, 0.3) is 0 Å². The third kappa shape index (κ3) is 2.19. The van der Waals surface area contributed by atoms with E-state index in [1.165, 1.54) is 12.1 Å². The molecule has 70 valence electrons. The van der Waals surface area contributed by atoms with Gasteiger partial charge in [-0.15, -0.1) is 0 Å². The van der Waals surface area contributed by atoms with Crippen LogP contribution in [0, 0.1) is 9.39 Å². The molecule has 1 N–H and O–H groups in total. The molecule has 0 aromatic heterocycles. The van der Waals surface area contributed by atoms with Crippen molar-refractivity contribution in [3.63, 3.8) is 0 Å². The first kappa shape index (κ1) is 10.9. The molecule has 13 heavy (non-hydrogen) atoms. The highest BCUT2D eigenvalue weighted by Crippen LogP contribution is 2.22. The zero-order valence-corrected chi connectivity index (χ0v) is 10.1. The molecule has 0 bridgehead atoms. The molecule has 0 unspecified atom stereocenters. The largest absolute Gasteiger partial charge is 0.478 e. The molecular weight excluding hydrogens is 354 g/mol. The fourth-order valence-electron chi connectivity index (χ4n) is 0.933. The van der Waals surface area contributed by atoms with Gasteiger partial charge in [0, 0.05) is 5.33 Å². The monoisotopic (exact) mass is 358 g/mol. The predicted molar refractivity (Wildman–Crippen MR) is 58.7 cm³/mol. The minimum Gasteiger partial charge on any atom is -0.478 e. The van der Waals surface area contributed by atoms with E-state index in [1.54, 1.807) is 22.6 Å². The van der Waals surface area contributed by atoms with Crippen molar-refractivity contribution in [2.75, 3.05) is 0 Å². The molecule has 0 spiro atoms. The Bertz CT molecular complexity index is 354. The lowest BCUT2D eigenvalue weighted by Crippen LogP contribution is -2.05. The number of halogens is 3. The molecule has 2 nitrogen and oxygen atoms in total. The first-order chi connectivity index (χ1) is 6.07. The van der Waals surface area contributed by atoms with Gasteiger partial charge in [-0.2, -0.15) is 0 Å². The Kier molecular flexibility index (Phi) is 3.66. The van der Waals surface area contributed by atoms with Crippen molar-refractivity contribution in [3.05, 3.63) is 32.6 Å². The maximum Gasteiger partial charge on any atom is 0.337 e. The third-order valence-corrected chi connectivity index (χ3v) is 3.20. The van der Waals surface area contributed by atoms with Crippen molar-refractivity contribution in [1.82, 2.24) is 0 Å². The van der Waals surface area contributed by atoms with Crippen molar-refractivity contribution in [2.45, 2.75) is 5.33 Å². The summed E-state index contributed by atoms with van der Waals surface area (Å²) in [7, 11) is 0. The predicted octanol–water partition coefficient (Wildman–Crippen LogP) is 3.02. The molecular formula is C8H5BrFIO2. The Morgan fingerprint density at radius 3 is 2.69 bits per heavy atom. The quantitative estimate of drug-likeness (QED) is 0.651. The maximum absolute atomic E-state index is 13.0. The average molecular weight is 359 g/mol. The van der Waals surface area contributed by atoms with Crippen LogP contribution in [0.5, 0.6) is 0 Å². The minimum absolute atomic E-state index is 0.0393. The number of carboxylic acids is 1. The van der Waals surface area contributed by atoms with E-state index in [0.29, 0.717) is 10.9 Å². The van der Waals surface area contributed by atoms with Crippen molar-refractivity contribution < 1.29 is 14.3 Å². The Morgan fingerprint density at radius 2 is 2.23 bits per heavy atom. The van der Waals surface area contributed by atoms with Gasteiger partial charge in [-0.1, -0.05) is 22.0 Å². The van der Waals surface area contributed by atoms with Crippen LogP contribution in [-0.4, -0.2) is 11.1 Å². The highest BCUT2D eigenvalue weighted by molar-refractivity contribution is 14.1. The molecule has 1 aromatic carbocycles. The molecule has 0 aliphatic heterocycles. The van der Waals surface area contributed by atoms with E-state index in [4.69, 9.17) is 5.11 Å². The molecule has 1 aromatic rings. The average Bonchev–Trinajstić information content (AvgIpc) is 2.08. The van der Waals surface area contributed by atoms with Gasteiger partial charge in [0.2, 0.25) is 0 Å². The lowest BCUT2D eigenvalue weighted by atomic mass is 10.1. The zero-order chi connectivity index (χ0) is 10.0. The van der Waals surface area contributed by atoms with Gasteiger partial charge in [-0.05, 0) is 34.2 Å². The molecule has 0 radical (unpaired) electrons. The second kappa shape index (κ2) is 4.36. The van der Waals surface area contributed by atoms with Gasteiger partial charge in [0.1, 0.15) is 5.82 Å². The second-order valence-corrected chi connectivity index (χ2v) is 3.97. The minimum atomic E-state index is -1.10. The molecule has 0 saturated heterocycles. The first-order valence-electron chi connectivity index (χ1n) is 3.34. The van der Waals surface area contributed by atoms with Crippen molar-refractivity contribution in [3.8, 4) is 0 Å². The molecule has 0 atom stereocenters. The van der Waals surface area contributed by atoms with Gasteiger partial charge in [-0.25, -0.2) is 9.18 Å². The summed E-state index contributed by atoms with van der Waals surface area (Å²) >= 11 is 4.84. The Morgan fingerprint density at radius 1 is 1.62 bits per heavy atom. The normalized spacial score (nSPS) is 10.1. The SMILES string of the molecule is O=C(O)c1c(CBr)ccc(F)c1I. The Balaban J connectivity index is 3.41. The number of carbonyl (C=O) groups is 1. The van der Waals surface area contributed by atoms with Crippen LogP contribution in [0.25, 0.3) is 0 Å². The van der Waals surface area contributed by atoms with E-state index in [-0.39, 0.29) is 9.13 Å². The first-order valence-corrected chi connectivity index (χ1v) is 5.54. The summed E-state index contributed by atoms with van der Waals surface area (Å²) in [6.07, 6.45) is 0. The smallest absolute Gasteiger partial charge is 0.337 e. The van der Waals surface area contributed by atoms with E-state index in [9.17, 15) is 9.18 Å². The second-order valence-electron chi connectivity index (χ2n) is 2.33. The van der Waals surface area contributed by atoms with E-state index >= 15 is 0 Å². The number of alkyl halides is 1. The maximum atomic E-state index is 13.0. The van der Waals surface area contributed by atoms with E-state index in [1.807, 2.05) is 0 Å². The fraction of sp³-hybridized carbons (Fsp3) is 0.125. The summed E-state index contributed by atoms with van der Waals surface area (Å²) in [5, 5.41) is 9.22. The fourth-order valence-corrected chi connectivity index (χ4v) is 2.16. The number of hydrogen-bond acceptors (Lipinski definition) is 1. The molecule has 1 rings (SSSR count). The topological polar surface area (TPSA) is 37.3 Å². The molecule has 0 amide bonds. The van der Waals surface area contributed by atoms with Crippen LogP contribution in [0.1, 0.15) is 15.9 Å². The molecule has 5 heteroatoms. The Hall–Kier alpha value is -0.170. The van der Waals surface area contributed by atoms with Crippen LogP contribution in [0.15, 0.2) is 12.1 Å². The molecule has 0 aliphatic rings. The van der Waals surface area contributed by atoms with Crippen LogP contribution < -0.4 is 0 Å². The highest BCUT2D eigenvalue weighted by atomic mass is 127. The number of hydrogen-bond donors (Lipinski definition) is 1. The summed E-state index contributed by atoms with van der Waals surface area (Å²) in [4.78, 5) is 10.8. The van der Waals surface area contributed by atoms with Gasteiger partial charge < -0.3 is 5.11 Å². The number of carboxylic acid groups (broad SMARTS) is 1. The van der Waals surface area contributed by atoms with Gasteiger partial charge in [0.05, 0.1) is 9.13 Å². The lowest BCUT2D eigenvalue weighted by molar-refractivity contribution is 0.0694. The van der Waals surface area contributed by atoms with Crippen molar-refractivity contribution >= 4 is 44.5 Å². The number of benzene rings is 1. The van der Waals surface area contributed by atoms with Crippen LogP contribution >= 0.6 is 38.5 Å². The molecule has 0 fully saturated rings. The summed E-state index contributed by atoms with van der Waals surface area (Å²) < 4.78 is 13.1. The summed E-state index contributed by atoms with van der Waals surface area (Å²) in [6.45, 7) is 0. The third-order valence-electron chi connectivity index (χ3n) is 1.54. The number of rotatable bonds is 2. The summed E-state index contributed by atoms with van der Waals surface area (Å²) in [6, 6.07) is 2.74. The van der Waals surface area contributed by atoms with Crippen LogP contribution in [-0.2, 0) is 5.33 Å². The van der Waals surface area contributed by atoms with Crippen LogP contribution in [0.4, 0.5) is 4.39 Å². The highest BCUT2D eigenvalue weighted by Gasteiger charge is 2.16. The van der Waals surface area contributed by atoms with Gasteiger partial charge in [0.15, 0.2) is 0 Å². The molecule has 0 heterocycles. The van der Waals surface area contributed by atoms with Gasteiger partial charge >= 0.3 is 5.97 Å². The molecule has 0 saturated carbocycles. The Labute approximate surface area is 96.4 Å². The summed E-state index contributed by atoms with van der Waals surface area (Å²) in [5.74, 6) is -1.60. The van der Waals surface area contributed by atoms with Crippen LogP contribution in [0.3, 0.4) is 0 Å². The van der Waals surface area contributed by atoms with E-state index < -0.39 is 11.8 Å². The van der Waals surface area contributed by atoms with Crippen molar-refractivity contribution in [1.29, 1.82) is 0 Å². The lowest BCUT2D eigenvalue weighted by Gasteiger charge is -2.05. The van der Waals surface area contributed by atoms with E-state index in [2.05, 4.69) is 15.9 Å².